The van der Waals surface area contributed by atoms with Crippen molar-refractivity contribution >= 4 is 23.4 Å². The Morgan fingerprint density at radius 2 is 1.88 bits per heavy atom. The summed E-state index contributed by atoms with van der Waals surface area (Å²) in [5.74, 6) is -1.38. The van der Waals surface area contributed by atoms with Crippen LogP contribution in [0.5, 0.6) is 5.75 Å². The van der Waals surface area contributed by atoms with E-state index >= 15 is 0 Å². The third kappa shape index (κ3) is 4.59. The number of halogens is 3. The van der Waals surface area contributed by atoms with Gasteiger partial charge in [-0.2, -0.15) is 5.21 Å². The predicted molar refractivity (Wildman–Crippen MR) is 87.6 cm³/mol. The lowest BCUT2D eigenvalue weighted by molar-refractivity contribution is -0.274. The molecule has 1 aromatic heterocycles. The quantitative estimate of drug-likeness (QED) is 0.813. The van der Waals surface area contributed by atoms with E-state index in [1.54, 1.807) is 12.1 Å². The number of alkyl halides is 3. The van der Waals surface area contributed by atoms with Crippen LogP contribution in [-0.4, -0.2) is 51.2 Å². The molecule has 0 spiro atoms. The summed E-state index contributed by atoms with van der Waals surface area (Å²) in [6.07, 6.45) is -3.12. The Morgan fingerprint density at radius 1 is 1.23 bits per heavy atom. The summed E-state index contributed by atoms with van der Waals surface area (Å²) in [6, 6.07) is 5.76. The number of thioether (sulfide) groups is 1. The number of hydrogen-bond donors (Lipinski definition) is 2. The first-order valence-electron chi connectivity index (χ1n) is 7.73. The lowest BCUT2D eigenvalue weighted by atomic mass is 10.1. The molecule has 2 heterocycles. The van der Waals surface area contributed by atoms with Gasteiger partial charge in [-0.3, -0.25) is 0 Å². The number of aromatic carboxylic acids is 1. The van der Waals surface area contributed by atoms with E-state index in [4.69, 9.17) is 5.11 Å². The van der Waals surface area contributed by atoms with E-state index in [0.717, 1.165) is 18.5 Å². The monoisotopic (exact) mass is 388 g/mol. The van der Waals surface area contributed by atoms with E-state index in [0.29, 0.717) is 18.1 Å². The van der Waals surface area contributed by atoms with Gasteiger partial charge in [0.2, 0.25) is 5.69 Å². The van der Waals surface area contributed by atoms with Gasteiger partial charge in [-0.05, 0) is 37.1 Å². The number of carboxylic acids is 1. The minimum atomic E-state index is -4.70. The van der Waals surface area contributed by atoms with Gasteiger partial charge in [0.15, 0.2) is 5.03 Å². The molecule has 3 rings (SSSR count). The molecule has 1 aliphatic heterocycles. The van der Waals surface area contributed by atoms with Gasteiger partial charge in [0.25, 0.3) is 0 Å². The van der Waals surface area contributed by atoms with Crippen LogP contribution in [-0.2, 0) is 0 Å². The van der Waals surface area contributed by atoms with E-state index in [2.05, 4.69) is 25.0 Å². The second-order valence-corrected chi connectivity index (χ2v) is 6.92. The van der Waals surface area contributed by atoms with Crippen molar-refractivity contribution in [2.75, 3.05) is 18.0 Å². The molecule has 2 N–H and O–H groups in total. The van der Waals surface area contributed by atoms with Crippen LogP contribution in [0.1, 0.15) is 23.3 Å². The average Bonchev–Trinajstić information content (AvgIpc) is 3.03. The number of hydrogen-bond acceptors (Lipinski definition) is 6. The lowest BCUT2D eigenvalue weighted by Gasteiger charge is -2.33. The van der Waals surface area contributed by atoms with Crippen LogP contribution < -0.4 is 9.64 Å². The molecular formula is C15H15F3N4O3S. The number of carbonyl (C=O) groups is 1. The van der Waals surface area contributed by atoms with E-state index in [1.165, 1.54) is 23.9 Å². The van der Waals surface area contributed by atoms with Crippen LogP contribution in [0.4, 0.5) is 18.9 Å². The van der Waals surface area contributed by atoms with E-state index in [9.17, 15) is 18.0 Å². The molecule has 0 saturated carbocycles. The maximum absolute atomic E-state index is 12.2. The second-order valence-electron chi connectivity index (χ2n) is 5.63. The molecule has 2 aromatic rings. The van der Waals surface area contributed by atoms with Crippen molar-refractivity contribution in [1.82, 2.24) is 15.4 Å². The first kappa shape index (κ1) is 18.4. The van der Waals surface area contributed by atoms with Gasteiger partial charge >= 0.3 is 12.3 Å². The molecule has 1 aromatic carbocycles. The van der Waals surface area contributed by atoms with Gasteiger partial charge in [-0.15, -0.1) is 23.4 Å². The first-order chi connectivity index (χ1) is 12.3. The summed E-state index contributed by atoms with van der Waals surface area (Å²) in [7, 11) is 0. The maximum Gasteiger partial charge on any atom is 0.573 e. The highest BCUT2D eigenvalue weighted by Crippen LogP contribution is 2.33. The summed E-state index contributed by atoms with van der Waals surface area (Å²) in [4.78, 5) is 13.1. The summed E-state index contributed by atoms with van der Waals surface area (Å²) < 4.78 is 40.4. The number of nitrogens with zero attached hydrogens (tertiary/aromatic N) is 3. The number of aromatic amines is 1. The largest absolute Gasteiger partial charge is 0.573 e. The van der Waals surface area contributed by atoms with Crippen molar-refractivity contribution < 1.29 is 27.8 Å². The van der Waals surface area contributed by atoms with Crippen LogP contribution in [0.15, 0.2) is 29.3 Å². The van der Waals surface area contributed by atoms with Gasteiger partial charge < -0.3 is 14.7 Å². The topological polar surface area (TPSA) is 91.3 Å². The molecule has 1 fully saturated rings. The molecule has 0 radical (unpaired) electrons. The Balaban J connectivity index is 1.55. The Hall–Kier alpha value is -2.43. The summed E-state index contributed by atoms with van der Waals surface area (Å²) in [6.45, 7) is 1.41. The zero-order chi connectivity index (χ0) is 18.7. The minimum absolute atomic E-state index is 0.0855. The van der Waals surface area contributed by atoms with Crippen molar-refractivity contribution in [3.63, 3.8) is 0 Å². The highest BCUT2D eigenvalue weighted by atomic mass is 32.2. The molecular weight excluding hydrogens is 373 g/mol. The maximum atomic E-state index is 12.2. The highest BCUT2D eigenvalue weighted by molar-refractivity contribution is 7.99. The van der Waals surface area contributed by atoms with Crippen molar-refractivity contribution in [2.45, 2.75) is 29.5 Å². The number of nitrogens with one attached hydrogen (secondary N) is 1. The summed E-state index contributed by atoms with van der Waals surface area (Å²) in [5, 5.41) is 19.4. The number of carboxylic acid groups (broad SMARTS) is 1. The molecule has 0 atom stereocenters. The number of ether oxygens (including phenoxy) is 1. The van der Waals surface area contributed by atoms with Crippen molar-refractivity contribution in [2.24, 2.45) is 0 Å². The van der Waals surface area contributed by atoms with E-state index in [-0.39, 0.29) is 16.7 Å². The lowest BCUT2D eigenvalue weighted by Crippen LogP contribution is -2.34. The Labute approximate surface area is 150 Å². The first-order valence-corrected chi connectivity index (χ1v) is 8.61. The van der Waals surface area contributed by atoms with Crippen molar-refractivity contribution in [1.29, 1.82) is 0 Å². The number of benzene rings is 1. The van der Waals surface area contributed by atoms with Crippen LogP contribution in [0.25, 0.3) is 0 Å². The Kier molecular flexibility index (Phi) is 5.25. The average molecular weight is 388 g/mol. The predicted octanol–water partition coefficient (Wildman–Crippen LogP) is 3.16. The fourth-order valence-electron chi connectivity index (χ4n) is 2.69. The van der Waals surface area contributed by atoms with Crippen LogP contribution in [0, 0.1) is 0 Å². The molecule has 26 heavy (non-hydrogen) atoms. The zero-order valence-electron chi connectivity index (χ0n) is 13.4. The third-order valence-corrected chi connectivity index (χ3v) is 5.19. The molecule has 1 saturated heterocycles. The van der Waals surface area contributed by atoms with Gasteiger partial charge in [0.05, 0.1) is 0 Å². The highest BCUT2D eigenvalue weighted by Gasteiger charge is 2.31. The van der Waals surface area contributed by atoms with E-state index < -0.39 is 12.3 Å². The molecule has 140 valence electrons. The van der Waals surface area contributed by atoms with Gasteiger partial charge in [0, 0.05) is 24.0 Å². The number of aromatic nitrogens is 3. The zero-order valence-corrected chi connectivity index (χ0v) is 14.2. The molecule has 7 nitrogen and oxygen atoms in total. The van der Waals surface area contributed by atoms with Crippen molar-refractivity contribution in [3.8, 4) is 5.75 Å². The smallest absolute Gasteiger partial charge is 0.476 e. The van der Waals surface area contributed by atoms with Gasteiger partial charge in [-0.1, -0.05) is 11.8 Å². The van der Waals surface area contributed by atoms with E-state index in [1.807, 2.05) is 0 Å². The fraction of sp³-hybridized carbons (Fsp3) is 0.400. The fourth-order valence-corrected chi connectivity index (χ4v) is 3.79. The van der Waals surface area contributed by atoms with Gasteiger partial charge in [0.1, 0.15) is 5.75 Å². The molecule has 0 unspecified atom stereocenters. The number of H-pyrrole nitrogens is 1. The number of rotatable bonds is 5. The minimum Gasteiger partial charge on any atom is -0.476 e. The molecule has 11 heteroatoms. The van der Waals surface area contributed by atoms with Crippen LogP contribution in [0.3, 0.4) is 0 Å². The molecule has 0 aliphatic carbocycles. The van der Waals surface area contributed by atoms with Crippen LogP contribution in [0.2, 0.25) is 0 Å². The Bertz CT molecular complexity index is 758. The van der Waals surface area contributed by atoms with Gasteiger partial charge in [-0.25, -0.2) is 4.79 Å². The summed E-state index contributed by atoms with van der Waals surface area (Å²) in [5.41, 5.74) is 0.730. The number of piperidine rings is 1. The SMILES string of the molecule is O=C(O)c1n[nH]nc1SC1CCN(c2ccc(OC(F)(F)F)cc2)CC1. The third-order valence-electron chi connectivity index (χ3n) is 3.87. The van der Waals surface area contributed by atoms with Crippen LogP contribution >= 0.6 is 11.8 Å². The standard InChI is InChI=1S/C15H15F3N4O3S/c16-15(17,18)25-10-3-1-9(2-4-10)22-7-5-11(6-8-22)26-13-12(14(23)24)19-21-20-13/h1-4,11H,5-8H2,(H,23,24)(H,19,20,21). The number of anilines is 1. The summed E-state index contributed by atoms with van der Waals surface area (Å²) >= 11 is 1.37. The Morgan fingerprint density at radius 3 is 2.46 bits per heavy atom. The molecule has 0 amide bonds. The molecule has 1 aliphatic rings. The van der Waals surface area contributed by atoms with Crippen molar-refractivity contribution in [3.05, 3.63) is 30.0 Å². The second kappa shape index (κ2) is 7.44. The normalized spacial score (nSPS) is 15.9. The molecule has 0 bridgehead atoms.